The van der Waals surface area contributed by atoms with Gasteiger partial charge >= 0.3 is 5.97 Å². The Balaban J connectivity index is 1.90. The number of hydrogen-bond donors (Lipinski definition) is 0. The van der Waals surface area contributed by atoms with E-state index in [4.69, 9.17) is 4.74 Å². The zero-order valence-corrected chi connectivity index (χ0v) is 12.1. The predicted octanol–water partition coefficient (Wildman–Crippen LogP) is 5.00. The highest BCUT2D eigenvalue weighted by molar-refractivity contribution is 5.69. The molecule has 18 heavy (non-hydrogen) atoms. The maximum atomic E-state index is 11.6. The third-order valence-corrected chi connectivity index (χ3v) is 3.83. The van der Waals surface area contributed by atoms with Crippen LogP contribution in [0.15, 0.2) is 0 Å². The van der Waals surface area contributed by atoms with Gasteiger partial charge in [0, 0.05) is 6.42 Å². The van der Waals surface area contributed by atoms with Gasteiger partial charge in [0.2, 0.25) is 0 Å². The molecule has 0 unspecified atom stereocenters. The van der Waals surface area contributed by atoms with Crippen LogP contribution in [0.3, 0.4) is 0 Å². The van der Waals surface area contributed by atoms with Crippen molar-refractivity contribution in [2.45, 2.75) is 96.5 Å². The molecular weight excluding hydrogens is 224 g/mol. The van der Waals surface area contributed by atoms with Gasteiger partial charge in [-0.1, -0.05) is 51.9 Å². The fourth-order valence-electron chi connectivity index (χ4n) is 2.65. The first-order valence-corrected chi connectivity index (χ1v) is 8.02. The molecule has 0 heterocycles. The van der Waals surface area contributed by atoms with Gasteiger partial charge < -0.3 is 4.74 Å². The summed E-state index contributed by atoms with van der Waals surface area (Å²) in [7, 11) is 0. The Kier molecular flexibility index (Phi) is 8.97. The highest BCUT2D eigenvalue weighted by atomic mass is 16.5. The van der Waals surface area contributed by atoms with Gasteiger partial charge in [0.05, 0.1) is 0 Å². The van der Waals surface area contributed by atoms with Gasteiger partial charge in [0.1, 0.15) is 6.10 Å². The van der Waals surface area contributed by atoms with E-state index in [2.05, 4.69) is 6.92 Å². The second-order valence-corrected chi connectivity index (χ2v) is 5.62. The van der Waals surface area contributed by atoms with Crippen molar-refractivity contribution < 1.29 is 9.53 Å². The molecule has 2 heteroatoms. The Labute approximate surface area is 112 Å². The number of ether oxygens (including phenoxy) is 1. The summed E-state index contributed by atoms with van der Waals surface area (Å²) in [6.45, 7) is 2.24. The summed E-state index contributed by atoms with van der Waals surface area (Å²) in [5.74, 6) is 0.0375. The topological polar surface area (TPSA) is 26.3 Å². The molecule has 1 aliphatic rings. The molecule has 0 aromatic carbocycles. The van der Waals surface area contributed by atoms with E-state index in [0.717, 1.165) is 19.3 Å². The molecule has 0 radical (unpaired) electrons. The van der Waals surface area contributed by atoms with Gasteiger partial charge in [-0.15, -0.1) is 0 Å². The molecule has 2 nitrogen and oxygen atoms in total. The number of carbonyl (C=O) groups excluding carboxylic acids is 1. The van der Waals surface area contributed by atoms with Gasteiger partial charge in [-0.3, -0.25) is 4.79 Å². The maximum absolute atomic E-state index is 11.6. The lowest BCUT2D eigenvalue weighted by molar-refractivity contribution is -0.150. The Morgan fingerprint density at radius 3 is 2.22 bits per heavy atom. The molecule has 0 aromatic heterocycles. The SMILES string of the molecule is CCCCCCCCCC(=O)OC1CCCCC1. The molecule has 106 valence electrons. The van der Waals surface area contributed by atoms with Gasteiger partial charge in [-0.2, -0.15) is 0 Å². The van der Waals surface area contributed by atoms with E-state index >= 15 is 0 Å². The van der Waals surface area contributed by atoms with Crippen LogP contribution < -0.4 is 0 Å². The molecule has 0 saturated heterocycles. The lowest BCUT2D eigenvalue weighted by atomic mass is 9.98. The van der Waals surface area contributed by atoms with Crippen molar-refractivity contribution in [3.8, 4) is 0 Å². The van der Waals surface area contributed by atoms with Gasteiger partial charge in [-0.25, -0.2) is 0 Å². The zero-order chi connectivity index (χ0) is 13.1. The fourth-order valence-corrected chi connectivity index (χ4v) is 2.65. The third kappa shape index (κ3) is 7.73. The summed E-state index contributed by atoms with van der Waals surface area (Å²) in [5.41, 5.74) is 0. The number of hydrogen-bond acceptors (Lipinski definition) is 2. The predicted molar refractivity (Wildman–Crippen MR) is 75.6 cm³/mol. The molecule has 1 aliphatic carbocycles. The Bertz CT molecular complexity index is 207. The number of esters is 1. The van der Waals surface area contributed by atoms with Crippen LogP contribution in [-0.4, -0.2) is 12.1 Å². The number of rotatable bonds is 9. The van der Waals surface area contributed by atoms with E-state index in [1.807, 2.05) is 0 Å². The summed E-state index contributed by atoms with van der Waals surface area (Å²) in [4.78, 5) is 11.6. The summed E-state index contributed by atoms with van der Waals surface area (Å²) < 4.78 is 5.50. The van der Waals surface area contributed by atoms with Crippen LogP contribution in [0.2, 0.25) is 0 Å². The average molecular weight is 254 g/mol. The average Bonchev–Trinajstić information content (AvgIpc) is 2.39. The highest BCUT2D eigenvalue weighted by Crippen LogP contribution is 2.21. The largest absolute Gasteiger partial charge is 0.462 e. The second kappa shape index (κ2) is 10.4. The van der Waals surface area contributed by atoms with Crippen LogP contribution in [-0.2, 0) is 9.53 Å². The van der Waals surface area contributed by atoms with E-state index in [1.54, 1.807) is 0 Å². The quantitative estimate of drug-likeness (QED) is 0.427. The molecule has 1 saturated carbocycles. The summed E-state index contributed by atoms with van der Waals surface area (Å²) >= 11 is 0. The monoisotopic (exact) mass is 254 g/mol. The van der Waals surface area contributed by atoms with E-state index in [0.29, 0.717) is 6.42 Å². The smallest absolute Gasteiger partial charge is 0.306 e. The molecule has 0 spiro atoms. The molecule has 0 aromatic rings. The summed E-state index contributed by atoms with van der Waals surface area (Å²) in [5, 5.41) is 0. The maximum Gasteiger partial charge on any atom is 0.306 e. The van der Waals surface area contributed by atoms with Gasteiger partial charge in [0.15, 0.2) is 0 Å². The fraction of sp³-hybridized carbons (Fsp3) is 0.938. The molecule has 1 fully saturated rings. The van der Waals surface area contributed by atoms with Gasteiger partial charge in [-0.05, 0) is 32.1 Å². The van der Waals surface area contributed by atoms with Crippen molar-refractivity contribution in [1.29, 1.82) is 0 Å². The van der Waals surface area contributed by atoms with Crippen LogP contribution >= 0.6 is 0 Å². The first-order valence-electron chi connectivity index (χ1n) is 8.02. The van der Waals surface area contributed by atoms with Crippen molar-refractivity contribution in [2.24, 2.45) is 0 Å². The van der Waals surface area contributed by atoms with E-state index in [9.17, 15) is 4.79 Å². The summed E-state index contributed by atoms with van der Waals surface area (Å²) in [6.07, 6.45) is 15.6. The second-order valence-electron chi connectivity index (χ2n) is 5.62. The van der Waals surface area contributed by atoms with Crippen molar-refractivity contribution >= 4 is 5.97 Å². The van der Waals surface area contributed by atoms with Crippen LogP contribution in [0, 0.1) is 0 Å². The van der Waals surface area contributed by atoms with Crippen molar-refractivity contribution in [3.05, 3.63) is 0 Å². The molecule has 0 aliphatic heterocycles. The first kappa shape index (κ1) is 15.5. The third-order valence-electron chi connectivity index (χ3n) is 3.83. The number of unbranched alkanes of at least 4 members (excludes halogenated alkanes) is 6. The van der Waals surface area contributed by atoms with Crippen molar-refractivity contribution in [3.63, 3.8) is 0 Å². The standard InChI is InChI=1S/C16H30O2/c1-2-3-4-5-6-7-11-14-16(17)18-15-12-9-8-10-13-15/h15H,2-14H2,1H3. The highest BCUT2D eigenvalue weighted by Gasteiger charge is 2.17. The lowest BCUT2D eigenvalue weighted by Crippen LogP contribution is -2.20. The minimum absolute atomic E-state index is 0.0375. The summed E-state index contributed by atoms with van der Waals surface area (Å²) in [6, 6.07) is 0. The van der Waals surface area contributed by atoms with E-state index < -0.39 is 0 Å². The molecule has 0 N–H and O–H groups in total. The zero-order valence-electron chi connectivity index (χ0n) is 12.1. The molecular formula is C16H30O2. The minimum Gasteiger partial charge on any atom is -0.462 e. The Morgan fingerprint density at radius 1 is 0.944 bits per heavy atom. The Morgan fingerprint density at radius 2 is 1.56 bits per heavy atom. The molecule has 0 amide bonds. The molecule has 0 bridgehead atoms. The first-order chi connectivity index (χ1) is 8.83. The van der Waals surface area contributed by atoms with E-state index in [1.165, 1.54) is 57.8 Å². The Hall–Kier alpha value is -0.530. The van der Waals surface area contributed by atoms with Gasteiger partial charge in [0.25, 0.3) is 0 Å². The number of carbonyl (C=O) groups is 1. The molecule has 0 atom stereocenters. The normalized spacial score (nSPS) is 16.7. The van der Waals surface area contributed by atoms with Crippen LogP contribution in [0.4, 0.5) is 0 Å². The minimum atomic E-state index is 0.0375. The van der Waals surface area contributed by atoms with E-state index in [-0.39, 0.29) is 12.1 Å². The van der Waals surface area contributed by atoms with Crippen LogP contribution in [0.25, 0.3) is 0 Å². The van der Waals surface area contributed by atoms with Crippen molar-refractivity contribution in [1.82, 2.24) is 0 Å². The van der Waals surface area contributed by atoms with Crippen LogP contribution in [0.5, 0.6) is 0 Å². The lowest BCUT2D eigenvalue weighted by Gasteiger charge is -2.21. The van der Waals surface area contributed by atoms with Crippen LogP contribution in [0.1, 0.15) is 90.4 Å². The van der Waals surface area contributed by atoms with Crippen molar-refractivity contribution in [2.75, 3.05) is 0 Å². The molecule has 1 rings (SSSR count).